The third kappa shape index (κ3) is 3.78. The van der Waals surface area contributed by atoms with Crippen LogP contribution in [0.5, 0.6) is 0 Å². The number of ether oxygens (including phenoxy) is 1. The largest absolute Gasteiger partial charge is 0.449 e. The summed E-state index contributed by atoms with van der Waals surface area (Å²) < 4.78 is 5.25. The van der Waals surface area contributed by atoms with Gasteiger partial charge in [-0.1, -0.05) is 12.1 Å². The first-order valence-electron chi connectivity index (χ1n) is 7.49. The number of carbonyl (C=O) groups is 2. The van der Waals surface area contributed by atoms with E-state index >= 15 is 0 Å². The van der Waals surface area contributed by atoms with Crippen LogP contribution >= 0.6 is 11.3 Å². The number of hydrogen-bond acceptors (Lipinski definition) is 5. The molecule has 0 aliphatic carbocycles. The summed E-state index contributed by atoms with van der Waals surface area (Å²) in [6.45, 7) is 1.99. The summed E-state index contributed by atoms with van der Waals surface area (Å²) >= 11 is 1.56. The number of aromatic nitrogens is 1. The lowest BCUT2D eigenvalue weighted by molar-refractivity contribution is -0.129. The summed E-state index contributed by atoms with van der Waals surface area (Å²) in [6.07, 6.45) is 0.836. The van der Waals surface area contributed by atoms with Gasteiger partial charge in [-0.15, -0.1) is 11.3 Å². The molecule has 1 atom stereocenters. The van der Waals surface area contributed by atoms with Gasteiger partial charge in [0.05, 0.1) is 17.6 Å². The fraction of sp³-hybridized carbons (Fsp3) is 0.167. The molecule has 0 saturated carbocycles. The lowest BCUT2D eigenvalue weighted by Crippen LogP contribution is -2.35. The van der Waals surface area contributed by atoms with Gasteiger partial charge in [0, 0.05) is 16.5 Å². The third-order valence-corrected chi connectivity index (χ3v) is 4.39. The number of benzene rings is 1. The topological polar surface area (TPSA) is 68.3 Å². The monoisotopic (exact) mass is 340 g/mol. The molecule has 1 N–H and O–H groups in total. The number of esters is 1. The normalized spacial score (nSPS) is 11.9. The molecule has 0 fully saturated rings. The molecule has 1 amide bonds. The molecule has 0 aliphatic rings. The second kappa shape index (κ2) is 7.23. The van der Waals surface area contributed by atoms with Crippen LogP contribution in [0, 0.1) is 0 Å². The molecule has 0 aliphatic heterocycles. The Bertz CT molecular complexity index is 862. The molecule has 1 unspecified atom stereocenters. The van der Waals surface area contributed by atoms with Crippen LogP contribution in [-0.2, 0) is 16.1 Å². The zero-order chi connectivity index (χ0) is 16.9. The van der Waals surface area contributed by atoms with Gasteiger partial charge in [0.15, 0.2) is 6.10 Å². The Morgan fingerprint density at radius 2 is 2.12 bits per heavy atom. The van der Waals surface area contributed by atoms with Crippen molar-refractivity contribution in [2.75, 3.05) is 0 Å². The van der Waals surface area contributed by atoms with Crippen LogP contribution in [-0.4, -0.2) is 23.0 Å². The predicted molar refractivity (Wildman–Crippen MR) is 92.8 cm³/mol. The number of pyridine rings is 1. The van der Waals surface area contributed by atoms with Gasteiger partial charge in [0.1, 0.15) is 0 Å². The van der Waals surface area contributed by atoms with E-state index in [9.17, 15) is 9.59 Å². The highest BCUT2D eigenvalue weighted by atomic mass is 32.1. The van der Waals surface area contributed by atoms with Crippen molar-refractivity contribution in [1.29, 1.82) is 0 Å². The van der Waals surface area contributed by atoms with Gasteiger partial charge in [-0.25, -0.2) is 4.79 Å². The molecule has 24 heavy (non-hydrogen) atoms. The molecule has 0 spiro atoms. The molecule has 3 aromatic rings. The van der Waals surface area contributed by atoms with Crippen LogP contribution < -0.4 is 5.32 Å². The molecule has 0 saturated heterocycles. The van der Waals surface area contributed by atoms with Crippen molar-refractivity contribution >= 4 is 34.1 Å². The smallest absolute Gasteiger partial charge is 0.338 e. The standard InChI is InChI=1S/C18H16N2O3S/c1-12(17(21)20-11-15-5-3-9-24-15)23-18(22)14-6-7-16-13(10-14)4-2-8-19-16/h2-10,12H,11H2,1H3,(H,20,21). The SMILES string of the molecule is CC(OC(=O)c1ccc2ncccc2c1)C(=O)NCc1cccs1. The molecule has 2 aromatic heterocycles. The number of thiophene rings is 1. The highest BCUT2D eigenvalue weighted by Crippen LogP contribution is 2.15. The number of amides is 1. The Morgan fingerprint density at radius 1 is 1.25 bits per heavy atom. The lowest BCUT2D eigenvalue weighted by atomic mass is 10.1. The Hall–Kier alpha value is -2.73. The minimum absolute atomic E-state index is 0.320. The number of nitrogens with one attached hydrogen (secondary N) is 1. The van der Waals surface area contributed by atoms with Gasteiger partial charge in [-0.3, -0.25) is 9.78 Å². The maximum absolute atomic E-state index is 12.2. The average molecular weight is 340 g/mol. The first-order chi connectivity index (χ1) is 11.6. The van der Waals surface area contributed by atoms with Crippen LogP contribution in [0.2, 0.25) is 0 Å². The summed E-state index contributed by atoms with van der Waals surface area (Å²) in [6, 6.07) is 12.6. The molecular formula is C18H16N2O3S. The zero-order valence-electron chi connectivity index (χ0n) is 13.1. The molecule has 2 heterocycles. The summed E-state index contributed by atoms with van der Waals surface area (Å²) in [4.78, 5) is 29.5. The number of fused-ring (bicyclic) bond motifs is 1. The molecule has 1 aromatic carbocycles. The van der Waals surface area contributed by atoms with Gasteiger partial charge in [0.25, 0.3) is 5.91 Å². The summed E-state index contributed by atoms with van der Waals surface area (Å²) in [5, 5.41) is 5.55. The minimum atomic E-state index is -0.859. The van der Waals surface area contributed by atoms with Crippen molar-refractivity contribution in [3.8, 4) is 0 Å². The van der Waals surface area contributed by atoms with Crippen molar-refractivity contribution < 1.29 is 14.3 Å². The number of nitrogens with zero attached hydrogens (tertiary/aromatic N) is 1. The van der Waals surface area contributed by atoms with E-state index in [1.807, 2.05) is 23.6 Å². The highest BCUT2D eigenvalue weighted by Gasteiger charge is 2.19. The van der Waals surface area contributed by atoms with Crippen LogP contribution in [0.3, 0.4) is 0 Å². The number of carbonyl (C=O) groups excluding carboxylic acids is 2. The fourth-order valence-corrected chi connectivity index (χ4v) is 2.86. The van der Waals surface area contributed by atoms with Crippen LogP contribution in [0.25, 0.3) is 10.9 Å². The van der Waals surface area contributed by atoms with Crippen LogP contribution in [0.15, 0.2) is 54.0 Å². The molecule has 3 rings (SSSR count). The second-order valence-electron chi connectivity index (χ2n) is 5.26. The minimum Gasteiger partial charge on any atom is -0.449 e. The van der Waals surface area contributed by atoms with Crippen molar-refractivity contribution in [1.82, 2.24) is 10.3 Å². The van der Waals surface area contributed by atoms with Gasteiger partial charge in [0.2, 0.25) is 0 Å². The Labute approximate surface area is 143 Å². The number of hydrogen-bond donors (Lipinski definition) is 1. The van der Waals surface area contributed by atoms with E-state index in [2.05, 4.69) is 10.3 Å². The first-order valence-corrected chi connectivity index (χ1v) is 8.37. The van der Waals surface area contributed by atoms with Gasteiger partial charge in [-0.05, 0) is 42.6 Å². The molecule has 6 heteroatoms. The highest BCUT2D eigenvalue weighted by molar-refractivity contribution is 7.09. The Balaban J connectivity index is 1.61. The second-order valence-corrected chi connectivity index (χ2v) is 6.29. The molecule has 122 valence electrons. The summed E-state index contributed by atoms with van der Waals surface area (Å²) in [7, 11) is 0. The number of rotatable bonds is 5. The van der Waals surface area contributed by atoms with Gasteiger partial charge >= 0.3 is 5.97 Å². The maximum atomic E-state index is 12.2. The van der Waals surface area contributed by atoms with Gasteiger partial charge < -0.3 is 10.1 Å². The summed E-state index contributed by atoms with van der Waals surface area (Å²) in [5.74, 6) is -0.848. The van der Waals surface area contributed by atoms with E-state index in [1.165, 1.54) is 0 Å². The van der Waals surface area contributed by atoms with E-state index < -0.39 is 12.1 Å². The predicted octanol–water partition coefficient (Wildman–Crippen LogP) is 3.16. The summed E-state index contributed by atoms with van der Waals surface area (Å²) in [5.41, 5.74) is 1.20. The fourth-order valence-electron chi connectivity index (χ4n) is 2.22. The van der Waals surface area contributed by atoms with Crippen LogP contribution in [0.1, 0.15) is 22.2 Å². The van der Waals surface area contributed by atoms with Crippen molar-refractivity contribution in [2.24, 2.45) is 0 Å². The van der Waals surface area contributed by atoms with E-state index in [4.69, 9.17) is 4.74 Å². The van der Waals surface area contributed by atoms with Crippen molar-refractivity contribution in [3.05, 3.63) is 64.5 Å². The van der Waals surface area contributed by atoms with Gasteiger partial charge in [-0.2, -0.15) is 0 Å². The average Bonchev–Trinajstić information content (AvgIpc) is 3.12. The molecule has 5 nitrogen and oxygen atoms in total. The molecular weight excluding hydrogens is 324 g/mol. The van der Waals surface area contributed by atoms with Crippen molar-refractivity contribution in [3.63, 3.8) is 0 Å². The van der Waals surface area contributed by atoms with Crippen LogP contribution in [0.4, 0.5) is 0 Å². The van der Waals surface area contributed by atoms with Crippen molar-refractivity contribution in [2.45, 2.75) is 19.6 Å². The van der Waals surface area contributed by atoms with E-state index in [-0.39, 0.29) is 5.91 Å². The Kier molecular flexibility index (Phi) is 4.86. The molecule has 0 bridgehead atoms. The zero-order valence-corrected chi connectivity index (χ0v) is 13.9. The maximum Gasteiger partial charge on any atom is 0.338 e. The van der Waals surface area contributed by atoms with E-state index in [0.29, 0.717) is 12.1 Å². The third-order valence-electron chi connectivity index (χ3n) is 3.51. The first kappa shape index (κ1) is 16.1. The van der Waals surface area contributed by atoms with E-state index in [0.717, 1.165) is 15.8 Å². The Morgan fingerprint density at radius 3 is 2.92 bits per heavy atom. The molecule has 0 radical (unpaired) electrons. The lowest BCUT2D eigenvalue weighted by Gasteiger charge is -2.13. The van der Waals surface area contributed by atoms with E-state index in [1.54, 1.807) is 48.7 Å². The quantitative estimate of drug-likeness (QED) is 0.725.